The highest BCUT2D eigenvalue weighted by atomic mass is 35.5. The Bertz CT molecular complexity index is 1110. The molecule has 1 aliphatic carbocycles. The van der Waals surface area contributed by atoms with Gasteiger partial charge in [0.15, 0.2) is 0 Å². The van der Waals surface area contributed by atoms with E-state index in [0.717, 1.165) is 63.5 Å². The van der Waals surface area contributed by atoms with Gasteiger partial charge in [-0.25, -0.2) is 9.97 Å². The molecule has 1 amide bonds. The summed E-state index contributed by atoms with van der Waals surface area (Å²) in [7, 11) is 0. The Morgan fingerprint density at radius 3 is 2.41 bits per heavy atom. The Labute approximate surface area is 230 Å². The molecule has 2 aromatic rings. The van der Waals surface area contributed by atoms with E-state index in [4.69, 9.17) is 23.2 Å². The number of carbonyl (C=O) groups is 1. The zero-order valence-electron chi connectivity index (χ0n) is 22.2. The van der Waals surface area contributed by atoms with Gasteiger partial charge in [-0.05, 0) is 50.3 Å². The van der Waals surface area contributed by atoms with Crippen LogP contribution in [0.1, 0.15) is 55.8 Å². The van der Waals surface area contributed by atoms with Gasteiger partial charge in [0.2, 0.25) is 5.91 Å². The number of piperazine rings is 2. The van der Waals surface area contributed by atoms with Crippen molar-refractivity contribution < 1.29 is 4.79 Å². The number of hydrogen-bond donors (Lipinski definition) is 0. The number of benzene rings is 1. The molecular formula is C28H38Cl2N6O. The van der Waals surface area contributed by atoms with Crippen LogP contribution in [0.15, 0.2) is 24.5 Å². The molecule has 0 saturated carbocycles. The highest BCUT2D eigenvalue weighted by molar-refractivity contribution is 6.42. The third kappa shape index (κ3) is 5.75. The van der Waals surface area contributed by atoms with Crippen molar-refractivity contribution in [2.45, 2.75) is 51.5 Å². The fraction of sp³-hybridized carbons (Fsp3) is 0.607. The number of aryl methyl sites for hydroxylation is 1. The van der Waals surface area contributed by atoms with Crippen molar-refractivity contribution >= 4 is 34.9 Å². The summed E-state index contributed by atoms with van der Waals surface area (Å²) in [4.78, 5) is 32.5. The Morgan fingerprint density at radius 2 is 1.73 bits per heavy atom. The number of rotatable bonds is 6. The van der Waals surface area contributed by atoms with Gasteiger partial charge in [-0.3, -0.25) is 14.6 Å². The molecule has 2 saturated heterocycles. The van der Waals surface area contributed by atoms with Crippen LogP contribution in [-0.4, -0.2) is 95.5 Å². The minimum absolute atomic E-state index is 0.172. The van der Waals surface area contributed by atoms with E-state index in [0.29, 0.717) is 41.6 Å². The summed E-state index contributed by atoms with van der Waals surface area (Å²) in [6.07, 6.45) is 3.86. The summed E-state index contributed by atoms with van der Waals surface area (Å²) >= 11 is 12.6. The normalized spacial score (nSPS) is 21.9. The van der Waals surface area contributed by atoms with E-state index in [9.17, 15) is 4.79 Å². The first kappa shape index (κ1) is 26.7. The van der Waals surface area contributed by atoms with E-state index in [1.165, 1.54) is 11.3 Å². The van der Waals surface area contributed by atoms with Gasteiger partial charge in [0.05, 0.1) is 16.0 Å². The lowest BCUT2D eigenvalue weighted by Crippen LogP contribution is -2.53. The van der Waals surface area contributed by atoms with Crippen LogP contribution in [0, 0.1) is 0 Å². The van der Waals surface area contributed by atoms with Crippen LogP contribution in [0.3, 0.4) is 0 Å². The number of halogens is 2. The molecule has 9 heteroatoms. The molecule has 1 aromatic carbocycles. The molecule has 1 aromatic heterocycles. The maximum atomic E-state index is 14.0. The van der Waals surface area contributed by atoms with Crippen LogP contribution in [0.2, 0.25) is 10.0 Å². The molecule has 2 atom stereocenters. The molecule has 3 aliphatic rings. The molecule has 0 spiro atoms. The number of aromatic nitrogens is 2. The topological polar surface area (TPSA) is 55.8 Å². The van der Waals surface area contributed by atoms with Gasteiger partial charge < -0.3 is 9.80 Å². The van der Waals surface area contributed by atoms with Gasteiger partial charge in [0.1, 0.15) is 12.1 Å². The highest BCUT2D eigenvalue weighted by Crippen LogP contribution is 2.37. The van der Waals surface area contributed by atoms with Gasteiger partial charge in [-0.15, -0.1) is 0 Å². The summed E-state index contributed by atoms with van der Waals surface area (Å²) in [5.74, 6) is 1.45. The number of anilines is 1. The minimum Gasteiger partial charge on any atom is -0.353 e. The standard InChI is InChI=1S/C28H38Cl2N6O/c1-19(2)34-10-8-33(9-11-34)17-22(21-5-6-23(29)24(30)16-21)28(37)36-14-12-35(13-15-36)27-26-20(3)4-7-25(26)31-18-32-27/h5-6,16,18-20,22H,4,7-15,17H2,1-3H3. The Morgan fingerprint density at radius 1 is 1.00 bits per heavy atom. The van der Waals surface area contributed by atoms with Crippen LogP contribution in [0.4, 0.5) is 5.82 Å². The van der Waals surface area contributed by atoms with Gasteiger partial charge in [0, 0.05) is 76.2 Å². The highest BCUT2D eigenvalue weighted by Gasteiger charge is 2.33. The summed E-state index contributed by atoms with van der Waals surface area (Å²) in [6, 6.07) is 6.19. The summed E-state index contributed by atoms with van der Waals surface area (Å²) in [6.45, 7) is 14.4. The summed E-state index contributed by atoms with van der Waals surface area (Å²) < 4.78 is 0. The fourth-order valence-electron chi connectivity index (χ4n) is 6.01. The van der Waals surface area contributed by atoms with Crippen molar-refractivity contribution in [3.05, 3.63) is 51.4 Å². The number of nitrogens with zero attached hydrogens (tertiary/aromatic N) is 6. The lowest BCUT2D eigenvalue weighted by Gasteiger charge is -2.40. The predicted octanol–water partition coefficient (Wildman–Crippen LogP) is 4.29. The predicted molar refractivity (Wildman–Crippen MR) is 150 cm³/mol. The molecule has 0 bridgehead atoms. The van der Waals surface area contributed by atoms with Crippen molar-refractivity contribution in [2.24, 2.45) is 0 Å². The second kappa shape index (κ2) is 11.4. The van der Waals surface area contributed by atoms with E-state index < -0.39 is 0 Å². The lowest BCUT2D eigenvalue weighted by molar-refractivity contribution is -0.133. The molecule has 2 fully saturated rings. The molecule has 0 radical (unpaired) electrons. The molecule has 37 heavy (non-hydrogen) atoms. The quantitative estimate of drug-likeness (QED) is 0.540. The monoisotopic (exact) mass is 544 g/mol. The third-order valence-electron chi connectivity index (χ3n) is 8.37. The van der Waals surface area contributed by atoms with E-state index in [2.05, 4.69) is 45.4 Å². The Balaban J connectivity index is 1.29. The zero-order chi connectivity index (χ0) is 26.1. The number of carbonyl (C=O) groups excluding carboxylic acids is 1. The molecule has 7 nitrogen and oxygen atoms in total. The first-order valence-electron chi connectivity index (χ1n) is 13.6. The van der Waals surface area contributed by atoms with Gasteiger partial charge in [-0.2, -0.15) is 0 Å². The van der Waals surface area contributed by atoms with Gasteiger partial charge in [-0.1, -0.05) is 36.2 Å². The molecule has 200 valence electrons. The first-order chi connectivity index (χ1) is 17.8. The lowest BCUT2D eigenvalue weighted by atomic mass is 9.96. The number of hydrogen-bond acceptors (Lipinski definition) is 6. The fourth-order valence-corrected chi connectivity index (χ4v) is 6.32. The average molecular weight is 546 g/mol. The van der Waals surface area contributed by atoms with Crippen LogP contribution in [0.25, 0.3) is 0 Å². The Kier molecular flexibility index (Phi) is 8.25. The minimum atomic E-state index is -0.268. The number of amides is 1. The van der Waals surface area contributed by atoms with Gasteiger partial charge in [0.25, 0.3) is 0 Å². The van der Waals surface area contributed by atoms with Crippen molar-refractivity contribution in [3.8, 4) is 0 Å². The molecule has 2 aliphatic heterocycles. The first-order valence-corrected chi connectivity index (χ1v) is 14.4. The largest absolute Gasteiger partial charge is 0.353 e. The van der Waals surface area contributed by atoms with Crippen LogP contribution < -0.4 is 4.90 Å². The third-order valence-corrected chi connectivity index (χ3v) is 9.10. The molecule has 5 rings (SSSR count). The van der Waals surface area contributed by atoms with E-state index >= 15 is 0 Å². The van der Waals surface area contributed by atoms with Crippen LogP contribution in [-0.2, 0) is 11.2 Å². The van der Waals surface area contributed by atoms with Crippen molar-refractivity contribution in [1.29, 1.82) is 0 Å². The van der Waals surface area contributed by atoms with Crippen molar-refractivity contribution in [2.75, 3.05) is 63.8 Å². The molecular weight excluding hydrogens is 507 g/mol. The van der Waals surface area contributed by atoms with Crippen molar-refractivity contribution in [3.63, 3.8) is 0 Å². The maximum Gasteiger partial charge on any atom is 0.231 e. The molecule has 3 heterocycles. The molecule has 0 N–H and O–H groups in total. The van der Waals surface area contributed by atoms with Crippen molar-refractivity contribution in [1.82, 2.24) is 24.7 Å². The average Bonchev–Trinajstić information content (AvgIpc) is 3.30. The van der Waals surface area contributed by atoms with Crippen LogP contribution >= 0.6 is 23.2 Å². The second-order valence-corrected chi connectivity index (χ2v) is 11.8. The van der Waals surface area contributed by atoms with Crippen LogP contribution in [0.5, 0.6) is 0 Å². The maximum absolute atomic E-state index is 14.0. The second-order valence-electron chi connectivity index (χ2n) is 11.0. The smallest absolute Gasteiger partial charge is 0.231 e. The van der Waals surface area contributed by atoms with E-state index in [1.807, 2.05) is 23.1 Å². The van der Waals surface area contributed by atoms with E-state index in [-0.39, 0.29) is 11.8 Å². The van der Waals surface area contributed by atoms with E-state index in [1.54, 1.807) is 6.33 Å². The molecule has 2 unspecified atom stereocenters. The summed E-state index contributed by atoms with van der Waals surface area (Å²) in [5.41, 5.74) is 3.43. The zero-order valence-corrected chi connectivity index (χ0v) is 23.7. The van der Waals surface area contributed by atoms with Gasteiger partial charge >= 0.3 is 0 Å². The number of fused-ring (bicyclic) bond motifs is 1. The summed E-state index contributed by atoms with van der Waals surface area (Å²) in [5, 5.41) is 1.01. The SMILES string of the molecule is CC1CCc2ncnc(N3CCN(C(=O)C(CN4CCN(C(C)C)CC4)c4ccc(Cl)c(Cl)c4)CC3)c21. The Hall–Kier alpha value is -1.93.